The van der Waals surface area contributed by atoms with Crippen LogP contribution in [0.3, 0.4) is 0 Å². The van der Waals surface area contributed by atoms with E-state index in [0.717, 1.165) is 36.4 Å². The Hall–Kier alpha value is -1.35. The Balaban J connectivity index is 0.00000243. The van der Waals surface area contributed by atoms with Crippen molar-refractivity contribution in [1.29, 1.82) is 0 Å². The molecule has 26 heavy (non-hydrogen) atoms. The third-order valence-corrected chi connectivity index (χ3v) is 5.46. The Morgan fingerprint density at radius 1 is 1.35 bits per heavy atom. The van der Waals surface area contributed by atoms with Crippen LogP contribution in [-0.2, 0) is 6.54 Å². The summed E-state index contributed by atoms with van der Waals surface area (Å²) < 4.78 is 0. The Morgan fingerprint density at radius 2 is 2.12 bits per heavy atom. The molecule has 0 radical (unpaired) electrons. The van der Waals surface area contributed by atoms with Crippen LogP contribution >= 0.6 is 35.3 Å². The van der Waals surface area contributed by atoms with E-state index in [2.05, 4.69) is 57.8 Å². The van der Waals surface area contributed by atoms with Crippen LogP contribution in [0.4, 0.5) is 5.13 Å². The highest BCUT2D eigenvalue weighted by Gasteiger charge is 2.25. The normalized spacial score (nSPS) is 17.1. The number of aromatic nitrogens is 1. The summed E-state index contributed by atoms with van der Waals surface area (Å²) in [4.78, 5) is 13.9. The van der Waals surface area contributed by atoms with E-state index in [1.807, 2.05) is 19.0 Å². The highest BCUT2D eigenvalue weighted by atomic mass is 127. The molecule has 1 aliphatic heterocycles. The van der Waals surface area contributed by atoms with E-state index >= 15 is 0 Å². The highest BCUT2D eigenvalue weighted by molar-refractivity contribution is 14.0. The van der Waals surface area contributed by atoms with Crippen molar-refractivity contribution < 1.29 is 0 Å². The molecule has 3 rings (SSSR count). The zero-order valence-electron chi connectivity index (χ0n) is 15.7. The van der Waals surface area contributed by atoms with Crippen LogP contribution in [0.2, 0.25) is 0 Å². The molecule has 0 bridgehead atoms. The summed E-state index contributed by atoms with van der Waals surface area (Å²) in [5.74, 6) is 1.59. The Bertz CT molecular complexity index is 701. The molecule has 1 aromatic carbocycles. The van der Waals surface area contributed by atoms with Crippen molar-refractivity contribution >= 4 is 46.4 Å². The van der Waals surface area contributed by atoms with Crippen molar-refractivity contribution in [1.82, 2.24) is 15.2 Å². The van der Waals surface area contributed by atoms with Crippen LogP contribution in [0.25, 0.3) is 0 Å². The summed E-state index contributed by atoms with van der Waals surface area (Å²) in [6.45, 7) is 5.69. The van der Waals surface area contributed by atoms with Crippen molar-refractivity contribution in [3.05, 3.63) is 47.0 Å². The highest BCUT2D eigenvalue weighted by Crippen LogP contribution is 2.27. The van der Waals surface area contributed by atoms with Crippen LogP contribution in [0.1, 0.15) is 30.5 Å². The van der Waals surface area contributed by atoms with E-state index in [4.69, 9.17) is 4.99 Å². The minimum Gasteiger partial charge on any atom is -0.357 e. The average Bonchev–Trinajstić information content (AvgIpc) is 3.29. The standard InChI is InChI=1S/C19H27N5S.HI/c1-4-20-18(21-12-17-14-25-19(22-17)23(2)3)24-11-10-16(13-24)15-8-6-5-7-9-15;/h5-9,14,16H,4,10-13H2,1-3H3,(H,20,21);1H. The summed E-state index contributed by atoms with van der Waals surface area (Å²) in [6, 6.07) is 10.8. The minimum absolute atomic E-state index is 0. The van der Waals surface area contributed by atoms with Gasteiger partial charge in [0.05, 0.1) is 12.2 Å². The lowest BCUT2D eigenvalue weighted by molar-refractivity contribution is 0.486. The quantitative estimate of drug-likeness (QED) is 0.398. The van der Waals surface area contributed by atoms with Crippen LogP contribution in [-0.4, -0.2) is 49.6 Å². The largest absolute Gasteiger partial charge is 0.357 e. The van der Waals surface area contributed by atoms with Crippen LogP contribution in [0.5, 0.6) is 0 Å². The topological polar surface area (TPSA) is 43.8 Å². The molecule has 7 heteroatoms. The number of guanidine groups is 1. The van der Waals surface area contributed by atoms with Gasteiger partial charge in [0.25, 0.3) is 0 Å². The fourth-order valence-corrected chi connectivity index (χ4v) is 3.86. The first-order valence-corrected chi connectivity index (χ1v) is 9.75. The smallest absolute Gasteiger partial charge is 0.194 e. The van der Waals surface area contributed by atoms with Gasteiger partial charge < -0.3 is 15.1 Å². The molecule has 1 atom stereocenters. The Labute approximate surface area is 177 Å². The van der Waals surface area contributed by atoms with E-state index < -0.39 is 0 Å². The molecule has 1 fully saturated rings. The first kappa shape index (κ1) is 21.0. The zero-order valence-corrected chi connectivity index (χ0v) is 18.8. The summed E-state index contributed by atoms with van der Waals surface area (Å²) in [5.41, 5.74) is 2.46. The molecule has 1 saturated heterocycles. The third kappa shape index (κ3) is 5.33. The molecule has 2 aromatic rings. The van der Waals surface area contributed by atoms with Gasteiger partial charge in [0.1, 0.15) is 0 Å². The predicted molar refractivity (Wildman–Crippen MR) is 122 cm³/mol. The monoisotopic (exact) mass is 485 g/mol. The molecule has 0 amide bonds. The molecule has 1 aliphatic rings. The van der Waals surface area contributed by atoms with Gasteiger partial charge in [0.2, 0.25) is 0 Å². The number of halogens is 1. The molecule has 2 heterocycles. The van der Waals surface area contributed by atoms with Gasteiger partial charge in [-0.05, 0) is 18.9 Å². The van der Waals surface area contributed by atoms with Crippen LogP contribution < -0.4 is 10.2 Å². The first-order valence-electron chi connectivity index (χ1n) is 8.87. The number of hydrogen-bond acceptors (Lipinski definition) is 4. The molecular weight excluding hydrogens is 457 g/mol. The maximum Gasteiger partial charge on any atom is 0.194 e. The number of aliphatic imine (C=N–C) groups is 1. The number of benzene rings is 1. The van der Waals surface area contributed by atoms with E-state index in [1.54, 1.807) is 11.3 Å². The van der Waals surface area contributed by atoms with Crippen molar-refractivity contribution in [2.75, 3.05) is 38.6 Å². The number of nitrogens with zero attached hydrogens (tertiary/aromatic N) is 4. The summed E-state index contributed by atoms with van der Waals surface area (Å²) in [6.07, 6.45) is 1.18. The van der Waals surface area contributed by atoms with Gasteiger partial charge in [-0.2, -0.15) is 0 Å². The lowest BCUT2D eigenvalue weighted by atomic mass is 9.99. The van der Waals surface area contributed by atoms with Crippen molar-refractivity contribution in [3.63, 3.8) is 0 Å². The average molecular weight is 485 g/mol. The summed E-state index contributed by atoms with van der Waals surface area (Å²) in [7, 11) is 4.04. The number of rotatable bonds is 5. The van der Waals surface area contributed by atoms with Gasteiger partial charge in [-0.1, -0.05) is 30.3 Å². The zero-order chi connectivity index (χ0) is 17.6. The number of hydrogen-bond donors (Lipinski definition) is 1. The second-order valence-corrected chi connectivity index (χ2v) is 7.36. The molecular formula is C19H28IN5S. The molecule has 1 aromatic heterocycles. The van der Waals surface area contributed by atoms with Gasteiger partial charge >= 0.3 is 0 Å². The first-order chi connectivity index (χ1) is 12.2. The molecule has 142 valence electrons. The third-order valence-electron chi connectivity index (χ3n) is 4.41. The van der Waals surface area contributed by atoms with Gasteiger partial charge in [0.15, 0.2) is 11.1 Å². The van der Waals surface area contributed by atoms with Gasteiger partial charge in [-0.25, -0.2) is 9.98 Å². The molecule has 0 saturated carbocycles. The molecule has 1 unspecified atom stereocenters. The second kappa shape index (κ2) is 10.1. The second-order valence-electron chi connectivity index (χ2n) is 6.53. The molecule has 0 aliphatic carbocycles. The van der Waals surface area contributed by atoms with Crippen LogP contribution in [0, 0.1) is 0 Å². The number of nitrogens with one attached hydrogen (secondary N) is 1. The lowest BCUT2D eigenvalue weighted by Crippen LogP contribution is -2.40. The maximum atomic E-state index is 4.82. The van der Waals surface area contributed by atoms with Gasteiger partial charge in [-0.15, -0.1) is 35.3 Å². The van der Waals surface area contributed by atoms with E-state index in [1.165, 1.54) is 12.0 Å². The summed E-state index contributed by atoms with van der Waals surface area (Å²) in [5, 5.41) is 6.56. The molecule has 5 nitrogen and oxygen atoms in total. The van der Waals surface area contributed by atoms with Gasteiger partial charge in [0, 0.05) is 45.0 Å². The van der Waals surface area contributed by atoms with E-state index in [-0.39, 0.29) is 24.0 Å². The maximum absolute atomic E-state index is 4.82. The Morgan fingerprint density at radius 3 is 2.77 bits per heavy atom. The fourth-order valence-electron chi connectivity index (χ4n) is 3.11. The minimum atomic E-state index is 0. The van der Waals surface area contributed by atoms with Crippen molar-refractivity contribution in [2.45, 2.75) is 25.8 Å². The Kier molecular flexibility index (Phi) is 8.15. The van der Waals surface area contributed by atoms with Gasteiger partial charge in [-0.3, -0.25) is 0 Å². The number of likely N-dealkylation sites (tertiary alicyclic amines) is 1. The fraction of sp³-hybridized carbons (Fsp3) is 0.474. The molecule has 0 spiro atoms. The lowest BCUT2D eigenvalue weighted by Gasteiger charge is -2.21. The van der Waals surface area contributed by atoms with Crippen molar-refractivity contribution in [2.24, 2.45) is 4.99 Å². The number of thiazole rings is 1. The van der Waals surface area contributed by atoms with Crippen LogP contribution in [0.15, 0.2) is 40.7 Å². The molecule has 1 N–H and O–H groups in total. The number of anilines is 1. The predicted octanol–water partition coefficient (Wildman–Crippen LogP) is 3.78. The summed E-state index contributed by atoms with van der Waals surface area (Å²) >= 11 is 1.66. The van der Waals surface area contributed by atoms with E-state index in [0.29, 0.717) is 12.5 Å². The van der Waals surface area contributed by atoms with Crippen molar-refractivity contribution in [3.8, 4) is 0 Å². The van der Waals surface area contributed by atoms with E-state index in [9.17, 15) is 0 Å². The SMILES string of the molecule is CCNC(=NCc1csc(N(C)C)n1)N1CCC(c2ccccc2)C1.I.